The highest BCUT2D eigenvalue weighted by Crippen LogP contribution is 2.33. The van der Waals surface area contributed by atoms with Crippen LogP contribution in [-0.2, 0) is 6.42 Å². The van der Waals surface area contributed by atoms with Crippen molar-refractivity contribution < 1.29 is 9.18 Å². The Hall–Kier alpha value is -2.60. The summed E-state index contributed by atoms with van der Waals surface area (Å²) in [5.74, 6) is -0.193. The van der Waals surface area contributed by atoms with E-state index in [1.54, 1.807) is 17.6 Å². The molecule has 0 spiro atoms. The van der Waals surface area contributed by atoms with E-state index < -0.39 is 0 Å². The SMILES string of the molecule is Cc1ncsc1C(=O)N1CCCC1c1cccc(Cc2ccccc2F)n1. The van der Waals surface area contributed by atoms with Crippen molar-refractivity contribution in [3.05, 3.63) is 81.3 Å². The first kappa shape index (κ1) is 17.8. The first-order chi connectivity index (χ1) is 13.1. The van der Waals surface area contributed by atoms with Crippen LogP contribution >= 0.6 is 11.3 Å². The average Bonchev–Trinajstić information content (AvgIpc) is 3.32. The Morgan fingerprint density at radius 1 is 1.26 bits per heavy atom. The Labute approximate surface area is 161 Å². The number of carbonyl (C=O) groups excluding carboxylic acids is 1. The summed E-state index contributed by atoms with van der Waals surface area (Å²) in [5.41, 5.74) is 4.79. The maximum absolute atomic E-state index is 14.0. The van der Waals surface area contributed by atoms with E-state index in [4.69, 9.17) is 4.98 Å². The van der Waals surface area contributed by atoms with Gasteiger partial charge in [0, 0.05) is 18.7 Å². The summed E-state index contributed by atoms with van der Waals surface area (Å²) in [6.07, 6.45) is 2.28. The van der Waals surface area contributed by atoms with E-state index in [0.29, 0.717) is 16.9 Å². The van der Waals surface area contributed by atoms with E-state index in [1.807, 2.05) is 36.1 Å². The smallest absolute Gasteiger partial charge is 0.266 e. The highest BCUT2D eigenvalue weighted by molar-refractivity contribution is 7.11. The van der Waals surface area contributed by atoms with Crippen LogP contribution in [0.25, 0.3) is 0 Å². The molecule has 1 amide bonds. The highest BCUT2D eigenvalue weighted by atomic mass is 32.1. The van der Waals surface area contributed by atoms with Crippen LogP contribution in [0.5, 0.6) is 0 Å². The number of pyridine rings is 1. The van der Waals surface area contributed by atoms with Gasteiger partial charge in [-0.05, 0) is 43.5 Å². The molecule has 0 saturated carbocycles. The number of likely N-dealkylation sites (tertiary alicyclic amines) is 1. The number of carbonyl (C=O) groups is 1. The molecule has 2 aromatic heterocycles. The molecule has 1 unspecified atom stereocenters. The molecule has 1 aliphatic heterocycles. The second-order valence-electron chi connectivity index (χ2n) is 6.75. The molecule has 0 bridgehead atoms. The van der Waals surface area contributed by atoms with Crippen molar-refractivity contribution in [2.24, 2.45) is 0 Å². The number of aryl methyl sites for hydroxylation is 1. The Morgan fingerprint density at radius 3 is 2.89 bits per heavy atom. The number of thiazole rings is 1. The van der Waals surface area contributed by atoms with Gasteiger partial charge in [0.2, 0.25) is 0 Å². The molecule has 1 atom stereocenters. The molecule has 138 valence electrons. The zero-order valence-corrected chi connectivity index (χ0v) is 15.9. The minimum atomic E-state index is -0.219. The normalized spacial score (nSPS) is 16.7. The van der Waals surface area contributed by atoms with Crippen LogP contribution in [0.3, 0.4) is 0 Å². The summed E-state index contributed by atoms with van der Waals surface area (Å²) in [6, 6.07) is 12.5. The lowest BCUT2D eigenvalue weighted by Crippen LogP contribution is -2.31. The second kappa shape index (κ2) is 7.56. The summed E-state index contributed by atoms with van der Waals surface area (Å²) in [5, 5.41) is 0. The Morgan fingerprint density at radius 2 is 2.11 bits per heavy atom. The van der Waals surface area contributed by atoms with Crippen molar-refractivity contribution in [1.82, 2.24) is 14.9 Å². The third kappa shape index (κ3) is 3.62. The molecular formula is C21H20FN3OS. The lowest BCUT2D eigenvalue weighted by Gasteiger charge is -2.24. The number of benzene rings is 1. The summed E-state index contributed by atoms with van der Waals surface area (Å²) in [6.45, 7) is 2.59. The van der Waals surface area contributed by atoms with E-state index >= 15 is 0 Å². The van der Waals surface area contributed by atoms with Gasteiger partial charge >= 0.3 is 0 Å². The summed E-state index contributed by atoms with van der Waals surface area (Å²) < 4.78 is 14.0. The van der Waals surface area contributed by atoms with E-state index in [1.165, 1.54) is 17.4 Å². The van der Waals surface area contributed by atoms with Gasteiger partial charge in [-0.1, -0.05) is 24.3 Å². The maximum atomic E-state index is 14.0. The van der Waals surface area contributed by atoms with Gasteiger partial charge in [-0.2, -0.15) is 0 Å². The lowest BCUT2D eigenvalue weighted by atomic mass is 10.1. The van der Waals surface area contributed by atoms with Crippen molar-refractivity contribution >= 4 is 17.2 Å². The fourth-order valence-electron chi connectivity index (χ4n) is 3.57. The molecule has 1 saturated heterocycles. The number of amides is 1. The minimum absolute atomic E-state index is 0.0267. The Kier molecular flexibility index (Phi) is 4.99. The summed E-state index contributed by atoms with van der Waals surface area (Å²) >= 11 is 1.38. The van der Waals surface area contributed by atoms with Crippen molar-refractivity contribution in [2.45, 2.75) is 32.2 Å². The van der Waals surface area contributed by atoms with Crippen LogP contribution < -0.4 is 0 Å². The number of rotatable bonds is 4. The van der Waals surface area contributed by atoms with Crippen molar-refractivity contribution in [1.29, 1.82) is 0 Å². The van der Waals surface area contributed by atoms with Crippen LogP contribution in [0.4, 0.5) is 4.39 Å². The number of halogens is 1. The van der Waals surface area contributed by atoms with Gasteiger partial charge in [0.25, 0.3) is 5.91 Å². The Balaban J connectivity index is 1.58. The van der Waals surface area contributed by atoms with Crippen molar-refractivity contribution in [2.75, 3.05) is 6.54 Å². The number of aromatic nitrogens is 2. The molecule has 3 aromatic rings. The molecule has 0 radical (unpaired) electrons. The first-order valence-corrected chi connectivity index (χ1v) is 9.92. The van der Waals surface area contributed by atoms with Gasteiger partial charge in [0.05, 0.1) is 22.9 Å². The van der Waals surface area contributed by atoms with Crippen LogP contribution in [0, 0.1) is 12.7 Å². The van der Waals surface area contributed by atoms with E-state index in [2.05, 4.69) is 4.98 Å². The monoisotopic (exact) mass is 381 g/mol. The van der Waals surface area contributed by atoms with Crippen molar-refractivity contribution in [3.8, 4) is 0 Å². The molecule has 0 N–H and O–H groups in total. The predicted molar refractivity (Wildman–Crippen MR) is 103 cm³/mol. The molecular weight excluding hydrogens is 361 g/mol. The largest absolute Gasteiger partial charge is 0.329 e. The molecule has 3 heterocycles. The van der Waals surface area contributed by atoms with E-state index in [9.17, 15) is 9.18 Å². The number of hydrogen-bond donors (Lipinski definition) is 0. The first-order valence-electron chi connectivity index (χ1n) is 9.04. The van der Waals surface area contributed by atoms with Crippen LogP contribution in [0.2, 0.25) is 0 Å². The molecule has 1 aliphatic rings. The quantitative estimate of drug-likeness (QED) is 0.666. The maximum Gasteiger partial charge on any atom is 0.266 e. The van der Waals surface area contributed by atoms with Crippen molar-refractivity contribution in [3.63, 3.8) is 0 Å². The highest BCUT2D eigenvalue weighted by Gasteiger charge is 2.33. The molecule has 0 aliphatic carbocycles. The fourth-order valence-corrected chi connectivity index (χ4v) is 4.33. The third-order valence-corrected chi connectivity index (χ3v) is 5.87. The topological polar surface area (TPSA) is 46.1 Å². The number of hydrogen-bond acceptors (Lipinski definition) is 4. The standard InChI is InChI=1S/C21H20FN3OS/c1-14-20(27-13-23-14)21(26)25-11-5-10-19(25)18-9-4-7-16(24-18)12-15-6-2-3-8-17(15)22/h2-4,6-9,13,19H,5,10-12H2,1H3. The summed E-state index contributed by atoms with van der Waals surface area (Å²) in [4.78, 5) is 24.5. The van der Waals surface area contributed by atoms with Crippen LogP contribution in [0.15, 0.2) is 48.0 Å². The van der Waals surface area contributed by atoms with Gasteiger partial charge < -0.3 is 4.90 Å². The molecule has 4 rings (SSSR count). The predicted octanol–water partition coefficient (Wildman–Crippen LogP) is 4.55. The number of nitrogens with zero attached hydrogens (tertiary/aromatic N) is 3. The van der Waals surface area contributed by atoms with Gasteiger partial charge in [0.1, 0.15) is 10.7 Å². The molecule has 27 heavy (non-hydrogen) atoms. The molecule has 4 nitrogen and oxygen atoms in total. The van der Waals surface area contributed by atoms with Gasteiger partial charge in [-0.15, -0.1) is 11.3 Å². The van der Waals surface area contributed by atoms with E-state index in [0.717, 1.165) is 36.5 Å². The minimum Gasteiger partial charge on any atom is -0.329 e. The average molecular weight is 381 g/mol. The van der Waals surface area contributed by atoms with Crippen LogP contribution in [0.1, 0.15) is 51.2 Å². The zero-order valence-electron chi connectivity index (χ0n) is 15.1. The van der Waals surface area contributed by atoms with Gasteiger partial charge in [0.15, 0.2) is 0 Å². The molecule has 6 heteroatoms. The molecule has 1 fully saturated rings. The lowest BCUT2D eigenvalue weighted by molar-refractivity contribution is 0.0736. The zero-order chi connectivity index (χ0) is 18.8. The van der Waals surface area contributed by atoms with Gasteiger partial charge in [-0.25, -0.2) is 9.37 Å². The van der Waals surface area contributed by atoms with E-state index in [-0.39, 0.29) is 17.8 Å². The fraction of sp³-hybridized carbons (Fsp3) is 0.286. The van der Waals surface area contributed by atoms with Gasteiger partial charge in [-0.3, -0.25) is 9.78 Å². The summed E-state index contributed by atoms with van der Waals surface area (Å²) in [7, 11) is 0. The third-order valence-electron chi connectivity index (χ3n) is 4.95. The Bertz CT molecular complexity index is 971. The second-order valence-corrected chi connectivity index (χ2v) is 7.60. The van der Waals surface area contributed by atoms with Crippen LogP contribution in [-0.4, -0.2) is 27.3 Å². The molecule has 1 aromatic carbocycles.